The van der Waals surface area contributed by atoms with Crippen LogP contribution >= 0.6 is 0 Å². The molecule has 0 radical (unpaired) electrons. The lowest BCUT2D eigenvalue weighted by Gasteiger charge is -2.22. The van der Waals surface area contributed by atoms with Gasteiger partial charge in [-0.1, -0.05) is 30.3 Å². The van der Waals surface area contributed by atoms with Gasteiger partial charge in [-0.15, -0.1) is 0 Å². The van der Waals surface area contributed by atoms with E-state index in [1.54, 1.807) is 18.2 Å². The Morgan fingerprint density at radius 1 is 1.09 bits per heavy atom. The van der Waals surface area contributed by atoms with Crippen LogP contribution in [-0.2, 0) is 13.1 Å². The maximum Gasteiger partial charge on any atom is 0.248 e. The molecule has 0 aromatic heterocycles. The summed E-state index contributed by atoms with van der Waals surface area (Å²) in [6.07, 6.45) is 2.32. The van der Waals surface area contributed by atoms with Crippen LogP contribution in [0.4, 0.5) is 4.39 Å². The topological polar surface area (TPSA) is 46.3 Å². The predicted octanol–water partition coefficient (Wildman–Crippen LogP) is 3.09. The van der Waals surface area contributed by atoms with Gasteiger partial charge in [0.2, 0.25) is 5.91 Å². The Hall–Kier alpha value is -2.20. The van der Waals surface area contributed by atoms with Crippen molar-refractivity contribution in [3.05, 3.63) is 71.0 Å². The molecule has 3 rings (SSSR count). The number of hydrogen-bond donors (Lipinski definition) is 1. The number of amides is 1. The maximum atomic E-state index is 13.8. The largest absolute Gasteiger partial charge is 0.366 e. The lowest BCUT2D eigenvalue weighted by molar-refractivity contribution is 0.100. The first-order valence-electron chi connectivity index (χ1n) is 7.49. The number of carbonyl (C=O) groups excluding carboxylic acids is 1. The molecule has 0 atom stereocenters. The first-order chi connectivity index (χ1) is 10.6. The van der Waals surface area contributed by atoms with Gasteiger partial charge in [-0.2, -0.15) is 0 Å². The Kier molecular flexibility index (Phi) is 4.20. The van der Waals surface area contributed by atoms with Crippen molar-refractivity contribution in [2.75, 3.05) is 0 Å². The molecule has 1 saturated carbocycles. The average Bonchev–Trinajstić information content (AvgIpc) is 3.34. The number of hydrogen-bond acceptors (Lipinski definition) is 2. The number of rotatable bonds is 6. The second-order valence-corrected chi connectivity index (χ2v) is 5.79. The molecule has 114 valence electrons. The molecule has 0 heterocycles. The molecule has 2 aromatic carbocycles. The summed E-state index contributed by atoms with van der Waals surface area (Å²) >= 11 is 0. The molecule has 3 nitrogen and oxygen atoms in total. The van der Waals surface area contributed by atoms with Crippen LogP contribution in [0, 0.1) is 5.82 Å². The SMILES string of the molecule is NC(=O)c1ccc(CN(Cc2ccccc2F)C2CC2)cc1. The van der Waals surface area contributed by atoms with Crippen molar-refractivity contribution in [2.45, 2.75) is 32.0 Å². The molecule has 0 spiro atoms. The smallest absolute Gasteiger partial charge is 0.248 e. The Balaban J connectivity index is 1.72. The first-order valence-corrected chi connectivity index (χ1v) is 7.49. The zero-order chi connectivity index (χ0) is 15.5. The third-order valence-electron chi connectivity index (χ3n) is 4.02. The third-order valence-corrected chi connectivity index (χ3v) is 4.02. The van der Waals surface area contributed by atoms with E-state index in [1.807, 2.05) is 24.3 Å². The number of nitrogens with zero attached hydrogens (tertiary/aromatic N) is 1. The van der Waals surface area contributed by atoms with Crippen molar-refractivity contribution in [1.82, 2.24) is 4.90 Å². The Labute approximate surface area is 129 Å². The van der Waals surface area contributed by atoms with Crippen LogP contribution in [0.25, 0.3) is 0 Å². The molecule has 4 heteroatoms. The summed E-state index contributed by atoms with van der Waals surface area (Å²) in [5, 5.41) is 0. The maximum absolute atomic E-state index is 13.8. The minimum absolute atomic E-state index is 0.155. The standard InChI is InChI=1S/C18H19FN2O/c19-17-4-2-1-3-15(17)12-21(16-9-10-16)11-13-5-7-14(8-6-13)18(20)22/h1-8,16H,9-12H2,(H2,20,22). The summed E-state index contributed by atoms with van der Waals surface area (Å²) in [6.45, 7) is 1.35. The molecule has 0 saturated heterocycles. The van der Waals surface area contributed by atoms with Crippen molar-refractivity contribution in [1.29, 1.82) is 0 Å². The summed E-state index contributed by atoms with van der Waals surface area (Å²) in [5.41, 5.74) is 7.59. The van der Waals surface area contributed by atoms with Gasteiger partial charge in [0.25, 0.3) is 0 Å². The van der Waals surface area contributed by atoms with E-state index in [0.717, 1.165) is 30.5 Å². The molecule has 1 aliphatic carbocycles. The molecule has 22 heavy (non-hydrogen) atoms. The molecule has 0 unspecified atom stereocenters. The molecule has 2 N–H and O–H groups in total. The van der Waals surface area contributed by atoms with E-state index in [-0.39, 0.29) is 5.82 Å². The van der Waals surface area contributed by atoms with Gasteiger partial charge in [0, 0.05) is 30.3 Å². The molecular formula is C18H19FN2O. The Bertz CT molecular complexity index is 665. The van der Waals surface area contributed by atoms with Crippen LogP contribution in [0.1, 0.15) is 34.3 Å². The zero-order valence-electron chi connectivity index (χ0n) is 12.3. The fourth-order valence-corrected chi connectivity index (χ4v) is 2.61. The molecule has 1 amide bonds. The van der Waals surface area contributed by atoms with Gasteiger partial charge in [0.1, 0.15) is 5.82 Å². The fraction of sp³-hybridized carbons (Fsp3) is 0.278. The van der Waals surface area contributed by atoms with Crippen LogP contribution < -0.4 is 5.73 Å². The summed E-state index contributed by atoms with van der Waals surface area (Å²) in [6, 6.07) is 14.7. The van der Waals surface area contributed by atoms with Gasteiger partial charge in [0.05, 0.1) is 0 Å². The van der Waals surface area contributed by atoms with Gasteiger partial charge in [-0.05, 0) is 36.6 Å². The van der Waals surface area contributed by atoms with Crippen LogP contribution in [0.3, 0.4) is 0 Å². The highest BCUT2D eigenvalue weighted by molar-refractivity contribution is 5.92. The lowest BCUT2D eigenvalue weighted by Crippen LogP contribution is -2.25. The van der Waals surface area contributed by atoms with Crippen molar-refractivity contribution in [2.24, 2.45) is 5.73 Å². The highest BCUT2D eigenvalue weighted by Gasteiger charge is 2.29. The second kappa shape index (κ2) is 6.28. The van der Waals surface area contributed by atoms with Crippen LogP contribution in [-0.4, -0.2) is 16.8 Å². The Morgan fingerprint density at radius 2 is 1.77 bits per heavy atom. The monoisotopic (exact) mass is 298 g/mol. The zero-order valence-corrected chi connectivity index (χ0v) is 12.3. The van der Waals surface area contributed by atoms with Crippen molar-refractivity contribution < 1.29 is 9.18 Å². The summed E-state index contributed by atoms with van der Waals surface area (Å²) < 4.78 is 13.8. The van der Waals surface area contributed by atoms with E-state index >= 15 is 0 Å². The predicted molar refractivity (Wildman–Crippen MR) is 83.6 cm³/mol. The summed E-state index contributed by atoms with van der Waals surface area (Å²) in [7, 11) is 0. The van der Waals surface area contributed by atoms with Gasteiger partial charge in [-0.3, -0.25) is 9.69 Å². The van der Waals surface area contributed by atoms with Crippen molar-refractivity contribution >= 4 is 5.91 Å². The molecule has 2 aromatic rings. The van der Waals surface area contributed by atoms with Crippen LogP contribution in [0.15, 0.2) is 48.5 Å². The van der Waals surface area contributed by atoms with E-state index in [9.17, 15) is 9.18 Å². The summed E-state index contributed by atoms with van der Waals surface area (Å²) in [4.78, 5) is 13.4. The van der Waals surface area contributed by atoms with E-state index in [4.69, 9.17) is 5.73 Å². The highest BCUT2D eigenvalue weighted by atomic mass is 19.1. The minimum Gasteiger partial charge on any atom is -0.366 e. The van der Waals surface area contributed by atoms with Crippen molar-refractivity contribution in [3.8, 4) is 0 Å². The minimum atomic E-state index is -0.419. The second-order valence-electron chi connectivity index (χ2n) is 5.79. The number of halogens is 1. The number of nitrogens with two attached hydrogens (primary N) is 1. The van der Waals surface area contributed by atoms with E-state index in [1.165, 1.54) is 6.07 Å². The van der Waals surface area contributed by atoms with Gasteiger partial charge >= 0.3 is 0 Å². The lowest BCUT2D eigenvalue weighted by atomic mass is 10.1. The third kappa shape index (κ3) is 3.52. The van der Waals surface area contributed by atoms with E-state index in [0.29, 0.717) is 18.2 Å². The number of benzene rings is 2. The number of primary amides is 1. The van der Waals surface area contributed by atoms with Crippen LogP contribution in [0.2, 0.25) is 0 Å². The van der Waals surface area contributed by atoms with E-state index < -0.39 is 5.91 Å². The quantitative estimate of drug-likeness (QED) is 0.891. The molecule has 0 aliphatic heterocycles. The fourth-order valence-electron chi connectivity index (χ4n) is 2.61. The van der Waals surface area contributed by atoms with Gasteiger partial charge in [0.15, 0.2) is 0 Å². The van der Waals surface area contributed by atoms with Crippen LogP contribution in [0.5, 0.6) is 0 Å². The Morgan fingerprint density at radius 3 is 2.36 bits per heavy atom. The molecule has 0 bridgehead atoms. The van der Waals surface area contributed by atoms with E-state index in [2.05, 4.69) is 4.90 Å². The molecule has 1 aliphatic rings. The highest BCUT2D eigenvalue weighted by Crippen LogP contribution is 2.30. The molecule has 1 fully saturated rings. The van der Waals surface area contributed by atoms with Gasteiger partial charge in [-0.25, -0.2) is 4.39 Å². The van der Waals surface area contributed by atoms with Gasteiger partial charge < -0.3 is 5.73 Å². The average molecular weight is 298 g/mol. The summed E-state index contributed by atoms with van der Waals surface area (Å²) in [5.74, 6) is -0.575. The number of carbonyl (C=O) groups is 1. The first kappa shape index (κ1) is 14.7. The molecular weight excluding hydrogens is 279 g/mol. The van der Waals surface area contributed by atoms with Crippen molar-refractivity contribution in [3.63, 3.8) is 0 Å². The normalized spacial score (nSPS) is 14.3.